The van der Waals surface area contributed by atoms with Gasteiger partial charge in [0.1, 0.15) is 5.56 Å². The molecule has 1 atom stereocenters. The molecule has 1 fully saturated rings. The molecule has 21 heavy (non-hydrogen) atoms. The summed E-state index contributed by atoms with van der Waals surface area (Å²) in [5, 5.41) is 6.91. The van der Waals surface area contributed by atoms with Crippen LogP contribution in [0.4, 0.5) is 0 Å². The van der Waals surface area contributed by atoms with Crippen molar-refractivity contribution in [1.29, 1.82) is 0 Å². The molecule has 0 bridgehead atoms. The summed E-state index contributed by atoms with van der Waals surface area (Å²) in [4.78, 5) is 14.7. The number of carbonyl (C=O) groups excluding carboxylic acids is 1. The van der Waals surface area contributed by atoms with E-state index < -0.39 is 0 Å². The van der Waals surface area contributed by atoms with Gasteiger partial charge in [0.15, 0.2) is 5.76 Å². The number of hydrogen-bond donors (Lipinski definition) is 1. The van der Waals surface area contributed by atoms with E-state index in [1.807, 2.05) is 13.8 Å². The van der Waals surface area contributed by atoms with Crippen LogP contribution in [0, 0.1) is 6.92 Å². The summed E-state index contributed by atoms with van der Waals surface area (Å²) in [7, 11) is 0. The number of aromatic nitrogens is 1. The van der Waals surface area contributed by atoms with Crippen molar-refractivity contribution in [2.24, 2.45) is 0 Å². The van der Waals surface area contributed by atoms with Crippen molar-refractivity contribution in [3.8, 4) is 0 Å². The summed E-state index contributed by atoms with van der Waals surface area (Å²) in [6, 6.07) is 0.292. The molecule has 1 aromatic heterocycles. The van der Waals surface area contributed by atoms with E-state index in [0.717, 1.165) is 26.3 Å². The zero-order valence-corrected chi connectivity index (χ0v) is 13.3. The van der Waals surface area contributed by atoms with Crippen LogP contribution < -0.4 is 5.32 Å². The third-order valence-corrected chi connectivity index (χ3v) is 3.87. The van der Waals surface area contributed by atoms with E-state index in [2.05, 4.69) is 22.3 Å². The van der Waals surface area contributed by atoms with Crippen molar-refractivity contribution in [1.82, 2.24) is 15.4 Å². The lowest BCUT2D eigenvalue weighted by atomic mass is 10.0. The van der Waals surface area contributed by atoms with Crippen LogP contribution in [0.3, 0.4) is 0 Å². The molecule has 1 N–H and O–H groups in total. The van der Waals surface area contributed by atoms with Crippen molar-refractivity contribution in [3.05, 3.63) is 17.0 Å². The minimum atomic E-state index is -0.0995. The summed E-state index contributed by atoms with van der Waals surface area (Å²) >= 11 is 0. The highest BCUT2D eigenvalue weighted by molar-refractivity contribution is 5.96. The van der Waals surface area contributed by atoms with Gasteiger partial charge >= 0.3 is 0 Å². The Hall–Kier alpha value is -1.40. The molecule has 1 saturated heterocycles. The minimum Gasteiger partial charge on any atom is -0.379 e. The van der Waals surface area contributed by atoms with Crippen LogP contribution in [-0.2, 0) is 4.74 Å². The average molecular weight is 295 g/mol. The van der Waals surface area contributed by atoms with Crippen LogP contribution in [0.2, 0.25) is 0 Å². The monoisotopic (exact) mass is 295 g/mol. The number of nitrogens with one attached hydrogen (secondary N) is 1. The molecule has 1 aromatic rings. The van der Waals surface area contributed by atoms with Gasteiger partial charge < -0.3 is 14.6 Å². The first-order valence-corrected chi connectivity index (χ1v) is 7.56. The lowest BCUT2D eigenvalue weighted by Gasteiger charge is -2.32. The first kappa shape index (κ1) is 16.0. The minimum absolute atomic E-state index is 0.0995. The Bertz CT molecular complexity index is 479. The Balaban J connectivity index is 1.94. The summed E-state index contributed by atoms with van der Waals surface area (Å²) in [6.07, 6.45) is 0. The fourth-order valence-electron chi connectivity index (χ4n) is 2.53. The maximum absolute atomic E-state index is 12.4. The first-order valence-electron chi connectivity index (χ1n) is 7.56. The SMILES string of the molecule is Cc1noc(C(C)C)c1C(=O)NCC(C)N1CCOCC1. The second-order valence-corrected chi connectivity index (χ2v) is 5.87. The molecule has 2 heterocycles. The van der Waals surface area contributed by atoms with Crippen LogP contribution in [0.1, 0.15) is 48.5 Å². The highest BCUT2D eigenvalue weighted by atomic mass is 16.5. The number of ether oxygens (including phenoxy) is 1. The zero-order valence-electron chi connectivity index (χ0n) is 13.3. The maximum Gasteiger partial charge on any atom is 0.256 e. The second-order valence-electron chi connectivity index (χ2n) is 5.87. The molecule has 1 amide bonds. The molecule has 1 unspecified atom stereocenters. The summed E-state index contributed by atoms with van der Waals surface area (Å²) < 4.78 is 10.6. The van der Waals surface area contributed by atoms with Gasteiger partial charge in [0.05, 0.1) is 18.9 Å². The number of aryl methyl sites for hydroxylation is 1. The Kier molecular flexibility index (Phi) is 5.36. The van der Waals surface area contributed by atoms with E-state index in [-0.39, 0.29) is 11.8 Å². The quantitative estimate of drug-likeness (QED) is 0.893. The molecule has 0 spiro atoms. The van der Waals surface area contributed by atoms with Crippen molar-refractivity contribution in [2.75, 3.05) is 32.8 Å². The normalized spacial score (nSPS) is 18.0. The smallest absolute Gasteiger partial charge is 0.256 e. The molecule has 1 aliphatic rings. The fraction of sp³-hybridized carbons (Fsp3) is 0.733. The molecule has 0 aromatic carbocycles. The van der Waals surface area contributed by atoms with Crippen molar-refractivity contribution >= 4 is 5.91 Å². The molecule has 2 rings (SSSR count). The predicted octanol–water partition coefficient (Wildman–Crippen LogP) is 1.56. The topological polar surface area (TPSA) is 67.6 Å². The summed E-state index contributed by atoms with van der Waals surface area (Å²) in [5.74, 6) is 0.699. The largest absolute Gasteiger partial charge is 0.379 e. The number of hydrogen-bond acceptors (Lipinski definition) is 5. The highest BCUT2D eigenvalue weighted by Gasteiger charge is 2.23. The second kappa shape index (κ2) is 7.04. The van der Waals surface area contributed by atoms with E-state index in [0.29, 0.717) is 29.6 Å². The van der Waals surface area contributed by atoms with E-state index in [1.165, 1.54) is 0 Å². The van der Waals surface area contributed by atoms with Gasteiger partial charge in [-0.2, -0.15) is 0 Å². The van der Waals surface area contributed by atoms with E-state index >= 15 is 0 Å². The van der Waals surface area contributed by atoms with Crippen LogP contribution in [0.5, 0.6) is 0 Å². The van der Waals surface area contributed by atoms with Crippen molar-refractivity contribution in [2.45, 2.75) is 39.7 Å². The van der Waals surface area contributed by atoms with Crippen LogP contribution in [-0.4, -0.2) is 54.9 Å². The molecule has 0 radical (unpaired) electrons. The van der Waals surface area contributed by atoms with Gasteiger partial charge in [0.25, 0.3) is 5.91 Å². The van der Waals surface area contributed by atoms with Gasteiger partial charge in [-0.1, -0.05) is 19.0 Å². The lowest BCUT2D eigenvalue weighted by molar-refractivity contribution is 0.0204. The summed E-state index contributed by atoms with van der Waals surface area (Å²) in [6.45, 7) is 11.9. The number of carbonyl (C=O) groups is 1. The standard InChI is InChI=1S/C15H25N3O3/c1-10(2)14-13(12(4)17-21-14)15(19)16-9-11(3)18-5-7-20-8-6-18/h10-11H,5-9H2,1-4H3,(H,16,19). The third-order valence-electron chi connectivity index (χ3n) is 3.87. The third kappa shape index (κ3) is 3.83. The van der Waals surface area contributed by atoms with E-state index in [1.54, 1.807) is 6.92 Å². The number of morpholine rings is 1. The molecule has 0 aliphatic carbocycles. The Morgan fingerprint density at radius 1 is 1.33 bits per heavy atom. The number of rotatable bonds is 5. The maximum atomic E-state index is 12.4. The van der Waals surface area contributed by atoms with Crippen LogP contribution in [0.15, 0.2) is 4.52 Å². The molecule has 6 nitrogen and oxygen atoms in total. The molecular weight excluding hydrogens is 270 g/mol. The summed E-state index contributed by atoms with van der Waals surface area (Å²) in [5.41, 5.74) is 1.23. The van der Waals surface area contributed by atoms with Gasteiger partial charge in [-0.05, 0) is 13.8 Å². The molecule has 0 saturated carbocycles. The molecule has 6 heteroatoms. The van der Waals surface area contributed by atoms with Gasteiger partial charge in [-0.25, -0.2) is 0 Å². The van der Waals surface area contributed by atoms with Gasteiger partial charge in [0.2, 0.25) is 0 Å². The zero-order chi connectivity index (χ0) is 15.4. The van der Waals surface area contributed by atoms with E-state index in [4.69, 9.17) is 9.26 Å². The highest BCUT2D eigenvalue weighted by Crippen LogP contribution is 2.22. The molecular formula is C15H25N3O3. The van der Waals surface area contributed by atoms with Crippen molar-refractivity contribution in [3.63, 3.8) is 0 Å². The first-order chi connectivity index (χ1) is 10.0. The average Bonchev–Trinajstić information content (AvgIpc) is 2.87. The predicted molar refractivity (Wildman–Crippen MR) is 79.5 cm³/mol. The number of nitrogens with zero attached hydrogens (tertiary/aromatic N) is 2. The van der Waals surface area contributed by atoms with Gasteiger partial charge in [0, 0.05) is 31.6 Å². The Labute approximate surface area is 125 Å². The molecule has 1 aliphatic heterocycles. The fourth-order valence-corrected chi connectivity index (χ4v) is 2.53. The molecule has 118 valence electrons. The Morgan fingerprint density at radius 3 is 2.62 bits per heavy atom. The lowest BCUT2D eigenvalue weighted by Crippen LogP contribution is -2.47. The van der Waals surface area contributed by atoms with Crippen LogP contribution >= 0.6 is 0 Å². The Morgan fingerprint density at radius 2 is 2.00 bits per heavy atom. The van der Waals surface area contributed by atoms with Gasteiger partial charge in [-0.15, -0.1) is 0 Å². The van der Waals surface area contributed by atoms with Crippen LogP contribution in [0.25, 0.3) is 0 Å². The van der Waals surface area contributed by atoms with Gasteiger partial charge in [-0.3, -0.25) is 9.69 Å². The van der Waals surface area contributed by atoms with E-state index in [9.17, 15) is 4.79 Å². The number of amides is 1. The van der Waals surface area contributed by atoms with Crippen molar-refractivity contribution < 1.29 is 14.1 Å².